The highest BCUT2D eigenvalue weighted by Crippen LogP contribution is 2.38. The molecule has 2 aromatic rings. The lowest BCUT2D eigenvalue weighted by molar-refractivity contribution is 0.473. The molecule has 3 nitrogen and oxygen atoms in total. The van der Waals surface area contributed by atoms with E-state index in [1.807, 2.05) is 19.2 Å². The summed E-state index contributed by atoms with van der Waals surface area (Å²) in [5.74, 6) is 2.20. The topological polar surface area (TPSA) is 34.2 Å². The quantitative estimate of drug-likeness (QED) is 0.927. The summed E-state index contributed by atoms with van der Waals surface area (Å²) in [6.45, 7) is 3.04. The molecule has 0 radical (unpaired) electrons. The van der Waals surface area contributed by atoms with Crippen LogP contribution in [-0.4, -0.2) is 18.6 Å². The fourth-order valence-corrected chi connectivity index (χ4v) is 2.75. The average Bonchev–Trinajstić information content (AvgIpc) is 2.63. The lowest BCUT2D eigenvalue weighted by atomic mass is 9.95. The molecule has 1 aliphatic heterocycles. The molecule has 1 N–H and O–H groups in total. The Hall–Kier alpha value is -1.87. The highest BCUT2D eigenvalue weighted by atomic mass is 16.5. The third-order valence-corrected chi connectivity index (χ3v) is 3.80. The molecule has 0 saturated carbocycles. The van der Waals surface area contributed by atoms with Crippen LogP contribution in [0.4, 0.5) is 0 Å². The maximum Gasteiger partial charge on any atom is 0.149 e. The Morgan fingerprint density at radius 2 is 2.05 bits per heavy atom. The summed E-state index contributed by atoms with van der Waals surface area (Å²) in [7, 11) is 1.99. The molecule has 0 saturated heterocycles. The minimum absolute atomic E-state index is 0.352. The highest BCUT2D eigenvalue weighted by molar-refractivity contribution is 5.45. The van der Waals surface area contributed by atoms with Crippen molar-refractivity contribution in [1.82, 2.24) is 10.3 Å². The van der Waals surface area contributed by atoms with Crippen molar-refractivity contribution in [2.45, 2.75) is 25.7 Å². The zero-order chi connectivity index (χ0) is 13.9. The number of aromatic nitrogens is 1. The van der Waals surface area contributed by atoms with Crippen LogP contribution in [0.15, 0.2) is 36.4 Å². The van der Waals surface area contributed by atoms with Crippen molar-refractivity contribution in [3.8, 4) is 11.5 Å². The van der Waals surface area contributed by atoms with Gasteiger partial charge in [-0.15, -0.1) is 0 Å². The van der Waals surface area contributed by atoms with E-state index < -0.39 is 0 Å². The predicted molar refractivity (Wildman–Crippen MR) is 80.5 cm³/mol. The van der Waals surface area contributed by atoms with E-state index in [0.29, 0.717) is 5.92 Å². The first-order valence-electron chi connectivity index (χ1n) is 7.22. The summed E-state index contributed by atoms with van der Waals surface area (Å²) < 4.78 is 6.09. The normalized spacial score (nSPS) is 16.8. The molecule has 1 atom stereocenters. The molecular formula is C17H20N2O. The van der Waals surface area contributed by atoms with E-state index >= 15 is 0 Å². The van der Waals surface area contributed by atoms with Gasteiger partial charge >= 0.3 is 0 Å². The number of hydrogen-bond donors (Lipinski definition) is 1. The number of likely N-dealkylation sites (N-methyl/N-ethyl adjacent to an activating group) is 1. The molecule has 0 spiro atoms. The van der Waals surface area contributed by atoms with Crippen LogP contribution in [0.2, 0.25) is 0 Å². The Morgan fingerprint density at radius 1 is 1.20 bits per heavy atom. The average molecular weight is 268 g/mol. The van der Waals surface area contributed by atoms with Crippen LogP contribution in [0, 0.1) is 0 Å². The van der Waals surface area contributed by atoms with E-state index in [0.717, 1.165) is 42.3 Å². The standard InChI is InChI=1S/C17H20N2O/c1-3-14-8-9-16-17(19-14)13(11-18-2)10-12-6-4-5-7-15(12)20-16/h4-9,13,18H,3,10-11H2,1-2H3. The Labute approximate surface area is 120 Å². The number of hydrogen-bond acceptors (Lipinski definition) is 3. The van der Waals surface area contributed by atoms with E-state index in [4.69, 9.17) is 9.72 Å². The van der Waals surface area contributed by atoms with Crippen molar-refractivity contribution in [3.63, 3.8) is 0 Å². The summed E-state index contributed by atoms with van der Waals surface area (Å²) in [5, 5.41) is 3.28. The Bertz CT molecular complexity index is 610. The number of nitrogens with zero attached hydrogens (tertiary/aromatic N) is 1. The molecule has 1 aliphatic rings. The van der Waals surface area contributed by atoms with Crippen molar-refractivity contribution in [2.75, 3.05) is 13.6 Å². The Balaban J connectivity index is 2.08. The number of ether oxygens (including phenoxy) is 1. The minimum Gasteiger partial charge on any atom is -0.455 e. The fraction of sp³-hybridized carbons (Fsp3) is 0.353. The van der Waals surface area contributed by atoms with Crippen molar-refractivity contribution in [1.29, 1.82) is 0 Å². The van der Waals surface area contributed by atoms with Gasteiger partial charge in [0, 0.05) is 18.2 Å². The Morgan fingerprint density at radius 3 is 2.85 bits per heavy atom. The summed E-state index contributed by atoms with van der Waals surface area (Å²) >= 11 is 0. The van der Waals surface area contributed by atoms with Gasteiger partial charge in [-0.2, -0.15) is 0 Å². The molecule has 3 rings (SSSR count). The summed E-state index contributed by atoms with van der Waals surface area (Å²) in [6, 6.07) is 12.4. The smallest absolute Gasteiger partial charge is 0.149 e. The number of fused-ring (bicyclic) bond motifs is 2. The van der Waals surface area contributed by atoms with Crippen LogP contribution < -0.4 is 10.1 Å². The van der Waals surface area contributed by atoms with E-state index in [9.17, 15) is 0 Å². The van der Waals surface area contributed by atoms with Gasteiger partial charge in [0.15, 0.2) is 0 Å². The number of rotatable bonds is 3. The molecule has 2 heterocycles. The van der Waals surface area contributed by atoms with Crippen LogP contribution in [0.25, 0.3) is 0 Å². The van der Waals surface area contributed by atoms with Gasteiger partial charge in [0.2, 0.25) is 0 Å². The van der Waals surface area contributed by atoms with Crippen molar-refractivity contribution in [3.05, 3.63) is 53.3 Å². The number of para-hydroxylation sites is 1. The van der Waals surface area contributed by atoms with E-state index in [1.54, 1.807) is 0 Å². The first-order chi connectivity index (χ1) is 9.81. The predicted octanol–water partition coefficient (Wildman–Crippen LogP) is 3.30. The molecule has 0 bridgehead atoms. The third kappa shape index (κ3) is 2.41. The van der Waals surface area contributed by atoms with Crippen molar-refractivity contribution < 1.29 is 4.74 Å². The molecule has 20 heavy (non-hydrogen) atoms. The monoisotopic (exact) mass is 268 g/mol. The molecule has 104 valence electrons. The zero-order valence-corrected chi connectivity index (χ0v) is 12.0. The zero-order valence-electron chi connectivity index (χ0n) is 12.0. The van der Waals surface area contributed by atoms with Crippen molar-refractivity contribution in [2.24, 2.45) is 0 Å². The summed E-state index contributed by atoms with van der Waals surface area (Å²) in [5.41, 5.74) is 3.46. The number of pyridine rings is 1. The molecule has 0 amide bonds. The number of aryl methyl sites for hydroxylation is 1. The van der Waals surface area contributed by atoms with Gasteiger partial charge in [-0.05, 0) is 43.7 Å². The first-order valence-corrected chi connectivity index (χ1v) is 7.22. The molecule has 1 aromatic carbocycles. The third-order valence-electron chi connectivity index (χ3n) is 3.80. The van der Waals surface area contributed by atoms with Crippen LogP contribution >= 0.6 is 0 Å². The van der Waals surface area contributed by atoms with Crippen LogP contribution in [0.3, 0.4) is 0 Å². The minimum atomic E-state index is 0.352. The second-order valence-electron chi connectivity index (χ2n) is 5.21. The molecular weight excluding hydrogens is 248 g/mol. The first kappa shape index (κ1) is 13.1. The maximum absolute atomic E-state index is 6.09. The van der Waals surface area contributed by atoms with Crippen molar-refractivity contribution >= 4 is 0 Å². The summed E-state index contributed by atoms with van der Waals surface area (Å²) in [6.07, 6.45) is 1.91. The fourth-order valence-electron chi connectivity index (χ4n) is 2.75. The molecule has 1 aromatic heterocycles. The van der Waals surface area contributed by atoms with Crippen LogP contribution in [0.1, 0.15) is 29.8 Å². The maximum atomic E-state index is 6.09. The van der Waals surface area contributed by atoms with E-state index in [-0.39, 0.29) is 0 Å². The Kier molecular flexibility index (Phi) is 3.70. The van der Waals surface area contributed by atoms with E-state index in [2.05, 4.69) is 36.5 Å². The molecule has 0 aliphatic carbocycles. The van der Waals surface area contributed by atoms with Gasteiger partial charge in [-0.1, -0.05) is 25.1 Å². The second kappa shape index (κ2) is 5.63. The second-order valence-corrected chi connectivity index (χ2v) is 5.21. The van der Waals surface area contributed by atoms with Gasteiger partial charge < -0.3 is 10.1 Å². The molecule has 1 unspecified atom stereocenters. The lowest BCUT2D eigenvalue weighted by Crippen LogP contribution is -2.20. The number of nitrogens with one attached hydrogen (secondary N) is 1. The van der Waals surface area contributed by atoms with E-state index in [1.165, 1.54) is 5.56 Å². The largest absolute Gasteiger partial charge is 0.455 e. The van der Waals surface area contributed by atoms with Gasteiger partial charge in [0.1, 0.15) is 11.5 Å². The molecule has 0 fully saturated rings. The molecule has 3 heteroatoms. The van der Waals surface area contributed by atoms with Crippen LogP contribution in [-0.2, 0) is 12.8 Å². The summed E-state index contributed by atoms with van der Waals surface area (Å²) in [4.78, 5) is 4.81. The SMILES string of the molecule is CCc1ccc2c(n1)C(CNC)Cc1ccccc1O2. The van der Waals surface area contributed by atoms with Gasteiger partial charge in [0.05, 0.1) is 5.69 Å². The number of benzene rings is 1. The van der Waals surface area contributed by atoms with Gasteiger partial charge in [0.25, 0.3) is 0 Å². The van der Waals surface area contributed by atoms with Crippen LogP contribution in [0.5, 0.6) is 11.5 Å². The highest BCUT2D eigenvalue weighted by Gasteiger charge is 2.24. The van der Waals surface area contributed by atoms with Gasteiger partial charge in [-0.3, -0.25) is 4.98 Å². The lowest BCUT2D eigenvalue weighted by Gasteiger charge is -2.16. The van der Waals surface area contributed by atoms with Gasteiger partial charge in [-0.25, -0.2) is 0 Å².